The number of rotatable bonds is 3. The minimum absolute atomic E-state index is 0.00176. The monoisotopic (exact) mass is 289 g/mol. The van der Waals surface area contributed by atoms with Gasteiger partial charge >= 0.3 is 6.18 Å². The highest BCUT2D eigenvalue weighted by atomic mass is 35.5. The summed E-state index contributed by atoms with van der Waals surface area (Å²) in [7, 11) is 1.73. The first kappa shape index (κ1) is 13.7. The summed E-state index contributed by atoms with van der Waals surface area (Å²) in [5.41, 5.74) is 0.00310. The summed E-state index contributed by atoms with van der Waals surface area (Å²) >= 11 is 5.61. The van der Waals surface area contributed by atoms with E-state index in [4.69, 9.17) is 11.6 Å². The first-order valence-corrected chi connectivity index (χ1v) is 5.83. The third-order valence-corrected chi connectivity index (χ3v) is 2.90. The molecule has 7 heteroatoms. The van der Waals surface area contributed by atoms with E-state index in [2.05, 4.69) is 10.4 Å². The SMILES string of the molecule is Cn1nccc1CNc1ccc(Cl)cc1C(F)(F)F. The maximum absolute atomic E-state index is 12.9. The molecular weight excluding hydrogens is 279 g/mol. The fourth-order valence-electron chi connectivity index (χ4n) is 1.67. The van der Waals surface area contributed by atoms with Gasteiger partial charge in [-0.2, -0.15) is 18.3 Å². The predicted molar refractivity (Wildman–Crippen MR) is 67.0 cm³/mol. The molecule has 0 amide bonds. The maximum atomic E-state index is 12.9. The first-order valence-electron chi connectivity index (χ1n) is 5.45. The molecule has 3 nitrogen and oxygen atoms in total. The minimum atomic E-state index is -4.44. The van der Waals surface area contributed by atoms with Crippen LogP contribution in [0.5, 0.6) is 0 Å². The Hall–Kier alpha value is -1.69. The van der Waals surface area contributed by atoms with Crippen molar-refractivity contribution in [2.24, 2.45) is 7.05 Å². The molecule has 0 saturated heterocycles. The molecule has 1 aromatic heterocycles. The van der Waals surface area contributed by atoms with Crippen LogP contribution in [0.2, 0.25) is 5.02 Å². The highest BCUT2D eigenvalue weighted by Crippen LogP contribution is 2.36. The number of aryl methyl sites for hydroxylation is 1. The lowest BCUT2D eigenvalue weighted by Crippen LogP contribution is -2.12. The van der Waals surface area contributed by atoms with Crippen LogP contribution in [0.15, 0.2) is 30.5 Å². The molecule has 2 aromatic rings. The highest BCUT2D eigenvalue weighted by molar-refractivity contribution is 6.30. The average molecular weight is 290 g/mol. The normalized spacial score (nSPS) is 11.6. The van der Waals surface area contributed by atoms with Gasteiger partial charge in [-0.15, -0.1) is 0 Å². The average Bonchev–Trinajstić information content (AvgIpc) is 2.72. The Labute approximate surface area is 113 Å². The number of hydrogen-bond acceptors (Lipinski definition) is 2. The molecular formula is C12H11ClF3N3. The van der Waals surface area contributed by atoms with Crippen molar-refractivity contribution >= 4 is 17.3 Å². The van der Waals surface area contributed by atoms with Crippen molar-refractivity contribution in [3.63, 3.8) is 0 Å². The molecule has 0 aliphatic carbocycles. The van der Waals surface area contributed by atoms with E-state index in [1.165, 1.54) is 12.1 Å². The zero-order chi connectivity index (χ0) is 14.0. The summed E-state index contributed by atoms with van der Waals surface area (Å²) in [6.45, 7) is 0.251. The number of aromatic nitrogens is 2. The molecule has 0 spiro atoms. The van der Waals surface area contributed by atoms with Crippen LogP contribution in [0.25, 0.3) is 0 Å². The van der Waals surface area contributed by atoms with E-state index in [-0.39, 0.29) is 17.3 Å². The summed E-state index contributed by atoms with van der Waals surface area (Å²) in [6.07, 6.45) is -2.86. The Morgan fingerprint density at radius 2 is 2.05 bits per heavy atom. The molecule has 0 radical (unpaired) electrons. The van der Waals surface area contributed by atoms with Crippen LogP contribution >= 0.6 is 11.6 Å². The third-order valence-electron chi connectivity index (χ3n) is 2.67. The molecule has 0 aliphatic heterocycles. The topological polar surface area (TPSA) is 29.9 Å². The molecule has 0 bridgehead atoms. The van der Waals surface area contributed by atoms with Gasteiger partial charge in [-0.1, -0.05) is 11.6 Å². The zero-order valence-corrected chi connectivity index (χ0v) is 10.8. The fraction of sp³-hybridized carbons (Fsp3) is 0.250. The summed E-state index contributed by atoms with van der Waals surface area (Å²) in [5, 5.41) is 6.75. The van der Waals surface area contributed by atoms with E-state index in [1.807, 2.05) is 0 Å². The molecule has 19 heavy (non-hydrogen) atoms. The number of nitrogens with one attached hydrogen (secondary N) is 1. The molecule has 0 saturated carbocycles. The van der Waals surface area contributed by atoms with E-state index >= 15 is 0 Å². The van der Waals surface area contributed by atoms with Crippen LogP contribution < -0.4 is 5.32 Å². The van der Waals surface area contributed by atoms with Crippen LogP contribution in [0.3, 0.4) is 0 Å². The molecule has 0 atom stereocenters. The molecule has 0 fully saturated rings. The second-order valence-electron chi connectivity index (χ2n) is 3.99. The maximum Gasteiger partial charge on any atom is 0.418 e. The van der Waals surface area contributed by atoms with Gasteiger partial charge in [0.05, 0.1) is 17.8 Å². The Morgan fingerprint density at radius 1 is 1.32 bits per heavy atom. The Bertz CT molecular complexity index is 578. The third kappa shape index (κ3) is 3.20. The van der Waals surface area contributed by atoms with E-state index < -0.39 is 11.7 Å². The number of hydrogen-bond donors (Lipinski definition) is 1. The van der Waals surface area contributed by atoms with E-state index in [0.717, 1.165) is 11.8 Å². The van der Waals surface area contributed by atoms with E-state index in [9.17, 15) is 13.2 Å². The molecule has 0 unspecified atom stereocenters. The zero-order valence-electron chi connectivity index (χ0n) is 10.0. The van der Waals surface area contributed by atoms with Crippen molar-refractivity contribution in [3.05, 3.63) is 46.7 Å². The number of nitrogens with zero attached hydrogens (tertiary/aromatic N) is 2. The lowest BCUT2D eigenvalue weighted by atomic mass is 10.1. The van der Waals surface area contributed by atoms with Crippen LogP contribution in [0.1, 0.15) is 11.3 Å². The first-order chi connectivity index (χ1) is 8.88. The fourth-order valence-corrected chi connectivity index (χ4v) is 1.84. The van der Waals surface area contributed by atoms with Crippen molar-refractivity contribution in [1.82, 2.24) is 9.78 Å². The summed E-state index contributed by atoms with van der Waals surface area (Å²) in [4.78, 5) is 0. The van der Waals surface area contributed by atoms with Gasteiger partial charge in [0.25, 0.3) is 0 Å². The molecule has 1 heterocycles. The number of benzene rings is 1. The molecule has 1 N–H and O–H groups in total. The van der Waals surface area contributed by atoms with Gasteiger partial charge in [-0.25, -0.2) is 0 Å². The number of halogens is 4. The lowest BCUT2D eigenvalue weighted by molar-refractivity contribution is -0.136. The summed E-state index contributed by atoms with van der Waals surface area (Å²) < 4.78 is 40.2. The number of anilines is 1. The van der Waals surface area contributed by atoms with Gasteiger partial charge in [0.15, 0.2) is 0 Å². The Morgan fingerprint density at radius 3 is 2.63 bits per heavy atom. The molecule has 1 aromatic carbocycles. The van der Waals surface area contributed by atoms with Crippen molar-refractivity contribution < 1.29 is 13.2 Å². The lowest BCUT2D eigenvalue weighted by Gasteiger charge is -2.15. The van der Waals surface area contributed by atoms with Crippen molar-refractivity contribution in [1.29, 1.82) is 0 Å². The van der Waals surface area contributed by atoms with Crippen LogP contribution in [-0.2, 0) is 19.8 Å². The second-order valence-corrected chi connectivity index (χ2v) is 4.42. The van der Waals surface area contributed by atoms with Gasteiger partial charge in [-0.05, 0) is 24.3 Å². The predicted octanol–water partition coefficient (Wildman–Crippen LogP) is 3.70. The largest absolute Gasteiger partial charge is 0.418 e. The van der Waals surface area contributed by atoms with Gasteiger partial charge in [0, 0.05) is 24.0 Å². The highest BCUT2D eigenvalue weighted by Gasteiger charge is 2.33. The molecule has 102 valence electrons. The van der Waals surface area contributed by atoms with Gasteiger partial charge < -0.3 is 5.32 Å². The quantitative estimate of drug-likeness (QED) is 0.933. The van der Waals surface area contributed by atoms with Gasteiger partial charge in [-0.3, -0.25) is 4.68 Å². The smallest absolute Gasteiger partial charge is 0.379 e. The number of alkyl halides is 3. The van der Waals surface area contributed by atoms with Crippen LogP contribution in [0, 0.1) is 0 Å². The van der Waals surface area contributed by atoms with Crippen molar-refractivity contribution in [2.45, 2.75) is 12.7 Å². The Balaban J connectivity index is 2.23. The van der Waals surface area contributed by atoms with Crippen LogP contribution in [0.4, 0.5) is 18.9 Å². The van der Waals surface area contributed by atoms with Gasteiger partial charge in [0.2, 0.25) is 0 Å². The molecule has 2 rings (SSSR count). The minimum Gasteiger partial charge on any atom is -0.379 e. The van der Waals surface area contributed by atoms with Crippen LogP contribution in [-0.4, -0.2) is 9.78 Å². The Kier molecular flexibility index (Phi) is 3.71. The van der Waals surface area contributed by atoms with Crippen molar-refractivity contribution in [2.75, 3.05) is 5.32 Å². The molecule has 0 aliphatic rings. The summed E-state index contributed by atoms with van der Waals surface area (Å²) in [6, 6.07) is 5.38. The second kappa shape index (κ2) is 5.13. The van der Waals surface area contributed by atoms with Gasteiger partial charge in [0.1, 0.15) is 0 Å². The van der Waals surface area contributed by atoms with E-state index in [1.54, 1.807) is 24.0 Å². The van der Waals surface area contributed by atoms with Crippen molar-refractivity contribution in [3.8, 4) is 0 Å². The van der Waals surface area contributed by atoms with E-state index in [0.29, 0.717) is 0 Å². The summed E-state index contributed by atoms with van der Waals surface area (Å²) in [5.74, 6) is 0. The standard InChI is InChI=1S/C12H11ClF3N3/c1-19-9(4-5-18-19)7-17-11-3-2-8(13)6-10(11)12(14,15)16/h2-6,17H,7H2,1H3.